The fourth-order valence-electron chi connectivity index (χ4n) is 5.99. The summed E-state index contributed by atoms with van der Waals surface area (Å²) in [6.07, 6.45) is 2.90. The third-order valence-corrected chi connectivity index (χ3v) is 8.17. The lowest BCUT2D eigenvalue weighted by atomic mass is 9.81. The molecule has 0 bridgehead atoms. The van der Waals surface area contributed by atoms with E-state index in [1.54, 1.807) is 67.6 Å². The summed E-state index contributed by atoms with van der Waals surface area (Å²) in [5, 5.41) is 0.621. The smallest absolute Gasteiger partial charge is 0.339 e. The van der Waals surface area contributed by atoms with Crippen molar-refractivity contribution in [3.8, 4) is 11.3 Å². The fraction of sp³-hybridized carbons (Fsp3) is 0.265. The van der Waals surface area contributed by atoms with Crippen LogP contribution >= 0.6 is 0 Å². The Labute approximate surface area is 238 Å². The number of hydrogen-bond acceptors (Lipinski definition) is 6. The molecule has 0 N–H and O–H groups in total. The van der Waals surface area contributed by atoms with Crippen LogP contribution in [0.4, 0.5) is 5.69 Å². The molecule has 2 amide bonds. The minimum absolute atomic E-state index is 0.114. The van der Waals surface area contributed by atoms with Crippen molar-refractivity contribution >= 4 is 40.2 Å². The van der Waals surface area contributed by atoms with Crippen LogP contribution in [0.5, 0.6) is 0 Å². The Hall–Kier alpha value is -4.65. The topological polar surface area (TPSA) is 93.6 Å². The molecule has 3 unspecified atom stereocenters. The molecule has 7 heteroatoms. The van der Waals surface area contributed by atoms with Crippen molar-refractivity contribution in [2.75, 3.05) is 4.90 Å². The third-order valence-electron chi connectivity index (χ3n) is 8.17. The molecule has 2 fully saturated rings. The Kier molecular flexibility index (Phi) is 7.18. The number of fused-ring (bicyclic) bond motifs is 2. The number of benzene rings is 3. The molecule has 0 spiro atoms. The van der Waals surface area contributed by atoms with Gasteiger partial charge in [0.1, 0.15) is 0 Å². The number of ether oxygens (including phenoxy) is 1. The van der Waals surface area contributed by atoms with Gasteiger partial charge in [0.05, 0.1) is 34.3 Å². The van der Waals surface area contributed by atoms with Gasteiger partial charge in [-0.15, -0.1) is 0 Å². The van der Waals surface area contributed by atoms with E-state index in [1.165, 1.54) is 4.90 Å². The van der Waals surface area contributed by atoms with Crippen LogP contribution in [-0.2, 0) is 14.3 Å². The van der Waals surface area contributed by atoms with Gasteiger partial charge in [-0.1, -0.05) is 80.4 Å². The second kappa shape index (κ2) is 11.1. The standard InChI is InChI=1S/C34H30N2O5/c1-2-30(31(37)22-10-4-3-5-11-22)41-34(40)27-20-29(35-28-15-9-8-12-24(27)28)21-16-18-23(19-17-21)36-32(38)25-13-6-7-14-26(25)33(36)39/h3-5,8-12,15-20,25-26,30H,2,6-7,13-14H2,1H3. The number of Topliss-reactive ketones (excluding diaryl/α,β-unsaturated/α-hetero) is 1. The Balaban J connectivity index is 1.30. The molecule has 206 valence electrons. The summed E-state index contributed by atoms with van der Waals surface area (Å²) in [5.74, 6) is -1.51. The first kappa shape index (κ1) is 26.6. The van der Waals surface area contributed by atoms with Crippen molar-refractivity contribution in [2.45, 2.75) is 45.1 Å². The molecule has 3 aromatic carbocycles. The normalized spacial score (nSPS) is 19.2. The molecule has 1 aliphatic carbocycles. The van der Waals surface area contributed by atoms with Gasteiger partial charge in [-0.2, -0.15) is 0 Å². The van der Waals surface area contributed by atoms with Crippen LogP contribution in [0.1, 0.15) is 59.7 Å². The lowest BCUT2D eigenvalue weighted by Crippen LogP contribution is -2.30. The maximum atomic E-state index is 13.5. The summed E-state index contributed by atoms with van der Waals surface area (Å²) < 4.78 is 5.76. The fourth-order valence-corrected chi connectivity index (χ4v) is 5.99. The van der Waals surface area contributed by atoms with E-state index in [4.69, 9.17) is 9.72 Å². The zero-order valence-corrected chi connectivity index (χ0v) is 22.8. The first-order chi connectivity index (χ1) is 20.0. The van der Waals surface area contributed by atoms with Crippen LogP contribution in [0.25, 0.3) is 22.2 Å². The summed E-state index contributed by atoms with van der Waals surface area (Å²) in [6.45, 7) is 1.81. The van der Waals surface area contributed by atoms with Crippen molar-refractivity contribution in [3.05, 3.63) is 96.1 Å². The van der Waals surface area contributed by atoms with E-state index in [-0.39, 0.29) is 29.4 Å². The number of hydrogen-bond donors (Lipinski definition) is 0. The SMILES string of the molecule is CCC(OC(=O)c1cc(-c2ccc(N3C(=O)C4CCCCC4C3=O)cc2)nc2ccccc12)C(=O)c1ccccc1. The summed E-state index contributed by atoms with van der Waals surface area (Å²) >= 11 is 0. The molecule has 3 atom stereocenters. The zero-order chi connectivity index (χ0) is 28.5. The largest absolute Gasteiger partial charge is 0.450 e. The van der Waals surface area contributed by atoms with E-state index < -0.39 is 12.1 Å². The maximum Gasteiger partial charge on any atom is 0.339 e. The third kappa shape index (κ3) is 4.92. The number of ketones is 1. The number of amides is 2. The highest BCUT2D eigenvalue weighted by molar-refractivity contribution is 6.22. The van der Waals surface area contributed by atoms with E-state index in [0.29, 0.717) is 39.8 Å². The van der Waals surface area contributed by atoms with Crippen LogP contribution in [0, 0.1) is 11.8 Å². The summed E-state index contributed by atoms with van der Waals surface area (Å²) in [5.41, 5.74) is 3.21. The van der Waals surface area contributed by atoms with Gasteiger partial charge in [-0.3, -0.25) is 19.3 Å². The van der Waals surface area contributed by atoms with Crippen LogP contribution in [0.15, 0.2) is 84.9 Å². The van der Waals surface area contributed by atoms with Gasteiger partial charge in [0.2, 0.25) is 17.6 Å². The van der Waals surface area contributed by atoms with Crippen molar-refractivity contribution in [3.63, 3.8) is 0 Å². The predicted molar refractivity (Wildman–Crippen MR) is 155 cm³/mol. The molecular weight excluding hydrogens is 516 g/mol. The van der Waals surface area contributed by atoms with E-state index in [0.717, 1.165) is 31.2 Å². The second-order valence-electron chi connectivity index (χ2n) is 10.7. The highest BCUT2D eigenvalue weighted by Gasteiger charge is 2.48. The van der Waals surface area contributed by atoms with Gasteiger partial charge in [-0.25, -0.2) is 9.78 Å². The average molecular weight is 547 g/mol. The first-order valence-corrected chi connectivity index (χ1v) is 14.1. The number of carbonyl (C=O) groups is 4. The summed E-state index contributed by atoms with van der Waals surface area (Å²) in [7, 11) is 0. The van der Waals surface area contributed by atoms with Crippen molar-refractivity contribution in [1.29, 1.82) is 0 Å². The molecule has 0 radical (unpaired) electrons. The van der Waals surface area contributed by atoms with Crippen molar-refractivity contribution in [1.82, 2.24) is 4.98 Å². The lowest BCUT2D eigenvalue weighted by Gasteiger charge is -2.19. The van der Waals surface area contributed by atoms with Gasteiger partial charge in [0, 0.05) is 16.5 Å². The minimum atomic E-state index is -0.918. The monoisotopic (exact) mass is 546 g/mol. The highest BCUT2D eigenvalue weighted by atomic mass is 16.5. The number of aromatic nitrogens is 1. The molecule has 6 rings (SSSR count). The number of anilines is 1. The second-order valence-corrected chi connectivity index (χ2v) is 10.7. The zero-order valence-electron chi connectivity index (χ0n) is 22.8. The van der Waals surface area contributed by atoms with Crippen LogP contribution in [0.2, 0.25) is 0 Å². The minimum Gasteiger partial charge on any atom is -0.450 e. The number of imide groups is 1. The molecule has 2 aliphatic rings. The van der Waals surface area contributed by atoms with Crippen LogP contribution in [0.3, 0.4) is 0 Å². The maximum absolute atomic E-state index is 13.5. The molecular formula is C34H30N2O5. The molecule has 4 aromatic rings. The summed E-state index contributed by atoms with van der Waals surface area (Å²) in [4.78, 5) is 58.7. The predicted octanol–water partition coefficient (Wildman–Crippen LogP) is 6.40. The number of esters is 1. The van der Waals surface area contributed by atoms with Crippen molar-refractivity contribution < 1.29 is 23.9 Å². The van der Waals surface area contributed by atoms with Crippen molar-refractivity contribution in [2.24, 2.45) is 11.8 Å². The van der Waals surface area contributed by atoms with E-state index in [9.17, 15) is 19.2 Å². The van der Waals surface area contributed by atoms with E-state index in [1.807, 2.05) is 24.3 Å². The Bertz CT molecular complexity index is 1620. The molecule has 7 nitrogen and oxygen atoms in total. The molecule has 2 heterocycles. The van der Waals surface area contributed by atoms with Crippen LogP contribution in [-0.4, -0.2) is 34.7 Å². The molecule has 1 aliphatic heterocycles. The van der Waals surface area contributed by atoms with E-state index >= 15 is 0 Å². The first-order valence-electron chi connectivity index (χ1n) is 14.1. The average Bonchev–Trinajstić information content (AvgIpc) is 3.28. The van der Waals surface area contributed by atoms with Crippen LogP contribution < -0.4 is 4.90 Å². The Morgan fingerprint density at radius 2 is 1.51 bits per heavy atom. The molecule has 41 heavy (non-hydrogen) atoms. The van der Waals surface area contributed by atoms with E-state index in [2.05, 4.69) is 0 Å². The highest BCUT2D eigenvalue weighted by Crippen LogP contribution is 2.40. The van der Waals surface area contributed by atoms with Gasteiger partial charge < -0.3 is 4.74 Å². The number of nitrogens with zero attached hydrogens (tertiary/aromatic N) is 2. The molecule has 1 saturated heterocycles. The number of rotatable bonds is 7. The van der Waals surface area contributed by atoms with Gasteiger partial charge in [0.15, 0.2) is 6.10 Å². The quantitative estimate of drug-likeness (QED) is 0.151. The van der Waals surface area contributed by atoms with Gasteiger partial charge in [0.25, 0.3) is 0 Å². The Morgan fingerprint density at radius 3 is 2.17 bits per heavy atom. The summed E-state index contributed by atoms with van der Waals surface area (Å²) in [6, 6.07) is 24.9. The number of para-hydroxylation sites is 1. The Morgan fingerprint density at radius 1 is 0.878 bits per heavy atom. The van der Waals surface area contributed by atoms with Gasteiger partial charge >= 0.3 is 5.97 Å². The molecule has 1 aromatic heterocycles. The molecule has 1 saturated carbocycles. The lowest BCUT2D eigenvalue weighted by molar-refractivity contribution is -0.122. The number of pyridine rings is 1. The number of carbonyl (C=O) groups excluding carboxylic acids is 4. The van der Waals surface area contributed by atoms with Gasteiger partial charge in [-0.05, 0) is 43.5 Å².